The summed E-state index contributed by atoms with van der Waals surface area (Å²) in [5, 5.41) is 14.2. The predicted octanol–water partition coefficient (Wildman–Crippen LogP) is 3.66. The van der Waals surface area contributed by atoms with E-state index in [1.807, 2.05) is 13.0 Å². The van der Waals surface area contributed by atoms with E-state index >= 15 is 0 Å². The number of aromatic carboxylic acids is 1. The maximum absolute atomic E-state index is 11.5. The van der Waals surface area contributed by atoms with Crippen LogP contribution in [0.4, 0.5) is 0 Å². The summed E-state index contributed by atoms with van der Waals surface area (Å²) in [6, 6.07) is 8.66. The molecular weight excluding hydrogens is 405 g/mol. The van der Waals surface area contributed by atoms with E-state index in [1.165, 1.54) is 10.6 Å². The molecule has 0 unspecified atom stereocenters. The maximum atomic E-state index is 11.5. The number of carboxylic acids is 1. The zero-order valence-corrected chi connectivity index (χ0v) is 13.8. The Hall–Kier alpha value is -1.67. The zero-order chi connectivity index (χ0) is 15.1. The third kappa shape index (κ3) is 2.49. The van der Waals surface area contributed by atoms with Gasteiger partial charge in [-0.1, -0.05) is 23.7 Å². The molecule has 7 heteroatoms. The highest BCUT2D eigenvalue weighted by atomic mass is 127. The van der Waals surface area contributed by atoms with E-state index in [0.29, 0.717) is 16.4 Å². The Bertz CT molecular complexity index is 876. The lowest BCUT2D eigenvalue weighted by Gasteiger charge is -2.05. The van der Waals surface area contributed by atoms with Crippen LogP contribution in [0.2, 0.25) is 5.02 Å². The van der Waals surface area contributed by atoms with E-state index < -0.39 is 5.97 Å². The Labute approximate surface area is 138 Å². The molecule has 0 radical (unpaired) electrons. The molecule has 0 amide bonds. The molecule has 2 aromatic heterocycles. The fraction of sp³-hybridized carbons (Fsp3) is 0.0714. The number of carboxylic acid groups (broad SMARTS) is 1. The first-order valence-corrected chi connectivity index (χ1v) is 7.48. The Kier molecular flexibility index (Phi) is 3.58. The third-order valence-electron chi connectivity index (χ3n) is 3.03. The summed E-state index contributed by atoms with van der Waals surface area (Å²) in [6.45, 7) is 1.82. The Morgan fingerprint density at radius 3 is 2.81 bits per heavy atom. The lowest BCUT2D eigenvalue weighted by Crippen LogP contribution is -2.08. The van der Waals surface area contributed by atoms with Crippen LogP contribution in [0.1, 0.15) is 16.2 Å². The number of aryl methyl sites for hydroxylation is 1. The minimum Gasteiger partial charge on any atom is -0.477 e. The van der Waals surface area contributed by atoms with Crippen LogP contribution in [0.5, 0.6) is 0 Å². The van der Waals surface area contributed by atoms with Gasteiger partial charge in [0.1, 0.15) is 0 Å². The third-order valence-corrected chi connectivity index (χ3v) is 4.53. The van der Waals surface area contributed by atoms with E-state index in [9.17, 15) is 9.90 Å². The van der Waals surface area contributed by atoms with Gasteiger partial charge in [0, 0.05) is 10.6 Å². The highest BCUT2D eigenvalue weighted by Gasteiger charge is 2.18. The molecule has 0 saturated carbocycles. The van der Waals surface area contributed by atoms with Crippen LogP contribution < -0.4 is 0 Å². The largest absolute Gasteiger partial charge is 0.477 e. The number of hydrogen-bond acceptors (Lipinski definition) is 3. The molecule has 3 rings (SSSR count). The van der Waals surface area contributed by atoms with Gasteiger partial charge < -0.3 is 5.11 Å². The van der Waals surface area contributed by atoms with Crippen LogP contribution in [0.15, 0.2) is 30.3 Å². The molecule has 1 N–H and O–H groups in total. The summed E-state index contributed by atoms with van der Waals surface area (Å²) >= 11 is 8.10. The van der Waals surface area contributed by atoms with E-state index in [2.05, 4.69) is 32.7 Å². The van der Waals surface area contributed by atoms with Crippen molar-refractivity contribution in [2.75, 3.05) is 0 Å². The lowest BCUT2D eigenvalue weighted by atomic mass is 10.1. The van der Waals surface area contributed by atoms with Crippen molar-refractivity contribution in [3.8, 4) is 11.3 Å². The number of benzene rings is 1. The van der Waals surface area contributed by atoms with Crippen molar-refractivity contribution in [3.05, 3.63) is 50.3 Å². The van der Waals surface area contributed by atoms with Gasteiger partial charge in [-0.2, -0.15) is 5.10 Å². The van der Waals surface area contributed by atoms with Crippen molar-refractivity contribution in [2.24, 2.45) is 0 Å². The Balaban J connectivity index is 2.34. The van der Waals surface area contributed by atoms with Crippen molar-refractivity contribution in [1.29, 1.82) is 0 Å². The summed E-state index contributed by atoms with van der Waals surface area (Å²) < 4.78 is 2.19. The number of hydrogen-bond donors (Lipinski definition) is 1. The zero-order valence-electron chi connectivity index (χ0n) is 10.8. The van der Waals surface area contributed by atoms with Crippen LogP contribution in [-0.2, 0) is 0 Å². The first-order chi connectivity index (χ1) is 9.97. The first kappa shape index (κ1) is 14.3. The van der Waals surface area contributed by atoms with Gasteiger partial charge in [-0.05, 0) is 47.7 Å². The molecule has 2 heterocycles. The van der Waals surface area contributed by atoms with E-state index in [0.717, 1.165) is 14.8 Å². The summed E-state index contributed by atoms with van der Waals surface area (Å²) in [4.78, 5) is 16.0. The standard InChI is InChI=1S/C14H9ClIN3O2/c1-7-12(16)13-17-10(8-3-2-4-9(15)5-8)6-11(14(20)21)19(13)18-7/h2-6H,1H3,(H,20,21). The highest BCUT2D eigenvalue weighted by molar-refractivity contribution is 14.1. The Morgan fingerprint density at radius 2 is 2.14 bits per heavy atom. The van der Waals surface area contributed by atoms with Crippen LogP contribution in [0.25, 0.3) is 16.9 Å². The molecule has 0 saturated heterocycles. The van der Waals surface area contributed by atoms with Gasteiger partial charge >= 0.3 is 5.97 Å². The molecule has 0 aliphatic heterocycles. The van der Waals surface area contributed by atoms with Gasteiger partial charge in [0.15, 0.2) is 11.3 Å². The van der Waals surface area contributed by atoms with Crippen LogP contribution in [0.3, 0.4) is 0 Å². The molecule has 21 heavy (non-hydrogen) atoms. The fourth-order valence-electron chi connectivity index (χ4n) is 2.05. The van der Waals surface area contributed by atoms with E-state index in [1.54, 1.807) is 18.2 Å². The van der Waals surface area contributed by atoms with Crippen LogP contribution in [-0.4, -0.2) is 25.7 Å². The van der Waals surface area contributed by atoms with Gasteiger partial charge in [0.2, 0.25) is 0 Å². The highest BCUT2D eigenvalue weighted by Crippen LogP contribution is 2.25. The SMILES string of the molecule is Cc1nn2c(C(=O)O)cc(-c3cccc(Cl)c3)nc2c1I. The second-order valence-electron chi connectivity index (χ2n) is 4.48. The molecule has 0 bridgehead atoms. The summed E-state index contributed by atoms with van der Waals surface area (Å²) in [7, 11) is 0. The fourth-order valence-corrected chi connectivity index (χ4v) is 2.69. The van der Waals surface area contributed by atoms with Gasteiger partial charge in [0.05, 0.1) is 15.0 Å². The monoisotopic (exact) mass is 413 g/mol. The molecule has 0 aliphatic carbocycles. The minimum atomic E-state index is -1.05. The van der Waals surface area contributed by atoms with Gasteiger partial charge in [-0.25, -0.2) is 14.3 Å². The van der Waals surface area contributed by atoms with Crippen molar-refractivity contribution in [1.82, 2.24) is 14.6 Å². The number of rotatable bonds is 2. The average molecular weight is 414 g/mol. The summed E-state index contributed by atoms with van der Waals surface area (Å²) in [5.74, 6) is -1.05. The lowest BCUT2D eigenvalue weighted by molar-refractivity contribution is 0.0687. The molecule has 5 nitrogen and oxygen atoms in total. The van der Waals surface area contributed by atoms with Crippen molar-refractivity contribution in [3.63, 3.8) is 0 Å². The number of nitrogens with zero attached hydrogens (tertiary/aromatic N) is 3. The molecule has 0 fully saturated rings. The molecule has 3 aromatic rings. The number of aromatic nitrogens is 3. The maximum Gasteiger partial charge on any atom is 0.354 e. The first-order valence-electron chi connectivity index (χ1n) is 6.02. The smallest absolute Gasteiger partial charge is 0.354 e. The van der Waals surface area contributed by atoms with Gasteiger partial charge in [0.25, 0.3) is 0 Å². The van der Waals surface area contributed by atoms with Gasteiger partial charge in [-0.3, -0.25) is 0 Å². The molecular formula is C14H9ClIN3O2. The number of carbonyl (C=O) groups is 1. The van der Waals surface area contributed by atoms with E-state index in [-0.39, 0.29) is 5.69 Å². The van der Waals surface area contributed by atoms with Crippen LogP contribution >= 0.6 is 34.2 Å². The topological polar surface area (TPSA) is 67.5 Å². The molecule has 1 aromatic carbocycles. The van der Waals surface area contributed by atoms with Crippen molar-refractivity contribution >= 4 is 45.8 Å². The van der Waals surface area contributed by atoms with Crippen molar-refractivity contribution < 1.29 is 9.90 Å². The number of fused-ring (bicyclic) bond motifs is 1. The summed E-state index contributed by atoms with van der Waals surface area (Å²) in [5.41, 5.74) is 2.67. The minimum absolute atomic E-state index is 0.0704. The second-order valence-corrected chi connectivity index (χ2v) is 5.99. The Morgan fingerprint density at radius 1 is 1.38 bits per heavy atom. The number of halogens is 2. The molecule has 0 atom stereocenters. The van der Waals surface area contributed by atoms with Gasteiger partial charge in [-0.15, -0.1) is 0 Å². The average Bonchev–Trinajstić information content (AvgIpc) is 2.73. The quantitative estimate of drug-likeness (QED) is 0.651. The molecule has 0 aliphatic rings. The van der Waals surface area contributed by atoms with Crippen LogP contribution in [0, 0.1) is 10.5 Å². The van der Waals surface area contributed by atoms with Crippen molar-refractivity contribution in [2.45, 2.75) is 6.92 Å². The predicted molar refractivity (Wildman–Crippen MR) is 87.8 cm³/mol. The van der Waals surface area contributed by atoms with E-state index in [4.69, 9.17) is 11.6 Å². The normalized spacial score (nSPS) is 11.0. The molecule has 106 valence electrons. The molecule has 0 spiro atoms. The second kappa shape index (κ2) is 5.27. The summed E-state index contributed by atoms with van der Waals surface area (Å²) in [6.07, 6.45) is 0.